The van der Waals surface area contributed by atoms with E-state index in [4.69, 9.17) is 13.9 Å². The van der Waals surface area contributed by atoms with Crippen LogP contribution in [-0.2, 0) is 0 Å². The fourth-order valence-corrected chi connectivity index (χ4v) is 2.47. The van der Waals surface area contributed by atoms with Crippen molar-refractivity contribution >= 4 is 11.9 Å². The molecule has 0 spiro atoms. The van der Waals surface area contributed by atoms with E-state index >= 15 is 0 Å². The average molecular weight is 355 g/mol. The number of ether oxygens (including phenoxy) is 2. The van der Waals surface area contributed by atoms with E-state index in [-0.39, 0.29) is 23.9 Å². The van der Waals surface area contributed by atoms with Crippen molar-refractivity contribution in [3.8, 4) is 23.1 Å². The van der Waals surface area contributed by atoms with E-state index in [9.17, 15) is 4.79 Å². The lowest BCUT2D eigenvalue weighted by Gasteiger charge is -2.18. The number of nitrogens with one attached hydrogen (secondary N) is 1. The fourth-order valence-electron chi connectivity index (χ4n) is 2.47. The van der Waals surface area contributed by atoms with Crippen LogP contribution in [0.2, 0.25) is 0 Å². The molecule has 0 saturated carbocycles. The van der Waals surface area contributed by atoms with Gasteiger partial charge in [-0.3, -0.25) is 14.8 Å². The van der Waals surface area contributed by atoms with Crippen LogP contribution in [0.5, 0.6) is 11.5 Å². The van der Waals surface area contributed by atoms with Crippen LogP contribution in [0, 0.1) is 0 Å². The maximum absolute atomic E-state index is 12.4. The topological polar surface area (TPSA) is 104 Å². The van der Waals surface area contributed by atoms with Crippen molar-refractivity contribution in [3.63, 3.8) is 0 Å². The fraction of sp³-hybridized carbons (Fsp3) is 0.294. The van der Waals surface area contributed by atoms with E-state index in [0.717, 1.165) is 0 Å². The first kappa shape index (κ1) is 16.1. The van der Waals surface area contributed by atoms with Gasteiger partial charge in [0.1, 0.15) is 18.9 Å². The van der Waals surface area contributed by atoms with Crippen LogP contribution < -0.4 is 14.8 Å². The summed E-state index contributed by atoms with van der Waals surface area (Å²) in [5, 5.41) is 14.7. The van der Waals surface area contributed by atoms with Crippen LogP contribution in [0.15, 0.2) is 34.9 Å². The molecular formula is C17H17N5O4. The quantitative estimate of drug-likeness (QED) is 0.767. The number of amides is 1. The highest BCUT2D eigenvalue weighted by Crippen LogP contribution is 2.31. The van der Waals surface area contributed by atoms with Gasteiger partial charge in [0.15, 0.2) is 11.5 Å². The number of hydrogen-bond acceptors (Lipinski definition) is 7. The lowest BCUT2D eigenvalue weighted by Crippen LogP contribution is -2.17. The molecule has 0 unspecified atom stereocenters. The molecule has 2 aromatic heterocycles. The first-order valence-corrected chi connectivity index (χ1v) is 8.20. The van der Waals surface area contributed by atoms with Crippen molar-refractivity contribution in [2.75, 3.05) is 18.5 Å². The maximum Gasteiger partial charge on any atom is 0.322 e. The second-order valence-corrected chi connectivity index (χ2v) is 6.00. The zero-order valence-corrected chi connectivity index (χ0v) is 14.3. The van der Waals surface area contributed by atoms with E-state index in [0.29, 0.717) is 36.0 Å². The van der Waals surface area contributed by atoms with E-state index in [1.807, 2.05) is 20.0 Å². The average Bonchev–Trinajstić information content (AvgIpc) is 3.30. The summed E-state index contributed by atoms with van der Waals surface area (Å²) < 4.78 is 18.2. The molecule has 9 nitrogen and oxygen atoms in total. The Balaban J connectivity index is 1.49. The Morgan fingerprint density at radius 1 is 1.15 bits per heavy atom. The predicted octanol–water partition coefficient (Wildman–Crippen LogP) is 2.54. The second kappa shape index (κ2) is 6.51. The van der Waals surface area contributed by atoms with E-state index in [1.165, 1.54) is 0 Å². The minimum absolute atomic E-state index is 0.000939. The molecule has 0 saturated heterocycles. The zero-order chi connectivity index (χ0) is 18.1. The summed E-state index contributed by atoms with van der Waals surface area (Å²) in [5.74, 6) is 1.01. The third kappa shape index (κ3) is 3.10. The second-order valence-electron chi connectivity index (χ2n) is 6.00. The van der Waals surface area contributed by atoms with Crippen LogP contribution in [0.1, 0.15) is 30.2 Å². The van der Waals surface area contributed by atoms with Crippen molar-refractivity contribution in [2.24, 2.45) is 0 Å². The number of carbonyl (C=O) groups excluding carboxylic acids is 1. The SMILES string of the molecule is CC(C)n1ccc(-c2nnc(NC(=O)c3ccc4c(c3)OCCO4)o2)n1. The van der Waals surface area contributed by atoms with Crippen LogP contribution in [-0.4, -0.2) is 39.1 Å². The van der Waals surface area contributed by atoms with E-state index in [2.05, 4.69) is 20.6 Å². The van der Waals surface area contributed by atoms with Gasteiger partial charge < -0.3 is 13.9 Å². The van der Waals surface area contributed by atoms with Gasteiger partial charge >= 0.3 is 6.01 Å². The van der Waals surface area contributed by atoms with Crippen molar-refractivity contribution in [3.05, 3.63) is 36.0 Å². The Bertz CT molecular complexity index is 946. The molecule has 0 aliphatic carbocycles. The number of anilines is 1. The molecule has 1 N–H and O–H groups in total. The van der Waals surface area contributed by atoms with Crippen molar-refractivity contribution in [2.45, 2.75) is 19.9 Å². The summed E-state index contributed by atoms with van der Waals surface area (Å²) in [6, 6.07) is 6.96. The minimum Gasteiger partial charge on any atom is -0.486 e. The maximum atomic E-state index is 12.4. The Hall–Kier alpha value is -3.36. The summed E-state index contributed by atoms with van der Waals surface area (Å²) in [7, 11) is 0. The van der Waals surface area contributed by atoms with Crippen LogP contribution in [0.4, 0.5) is 6.01 Å². The van der Waals surface area contributed by atoms with Gasteiger partial charge in [0.2, 0.25) is 0 Å². The van der Waals surface area contributed by atoms with Gasteiger partial charge in [-0.05, 0) is 38.1 Å². The lowest BCUT2D eigenvalue weighted by molar-refractivity contribution is 0.102. The number of aromatic nitrogens is 4. The Labute approximate surface area is 148 Å². The highest BCUT2D eigenvalue weighted by atomic mass is 16.6. The Morgan fingerprint density at radius 3 is 2.73 bits per heavy atom. The molecule has 0 radical (unpaired) electrons. The van der Waals surface area contributed by atoms with E-state index < -0.39 is 0 Å². The summed E-state index contributed by atoms with van der Waals surface area (Å²) >= 11 is 0. The Morgan fingerprint density at radius 2 is 1.96 bits per heavy atom. The predicted molar refractivity (Wildman–Crippen MR) is 91.3 cm³/mol. The normalized spacial score (nSPS) is 13.0. The smallest absolute Gasteiger partial charge is 0.322 e. The van der Waals surface area contributed by atoms with Gasteiger partial charge in [-0.1, -0.05) is 5.10 Å². The van der Waals surface area contributed by atoms with Gasteiger partial charge in [0.25, 0.3) is 11.8 Å². The van der Waals surface area contributed by atoms with Crippen LogP contribution in [0.3, 0.4) is 0 Å². The standard InChI is InChI=1S/C17H17N5O4/c1-10(2)22-6-5-12(21-22)16-19-20-17(26-16)18-15(23)11-3-4-13-14(9-11)25-8-7-24-13/h3-6,9-10H,7-8H2,1-2H3,(H,18,20,23). The van der Waals surface area contributed by atoms with Gasteiger partial charge in [0.05, 0.1) is 0 Å². The lowest BCUT2D eigenvalue weighted by atomic mass is 10.2. The monoisotopic (exact) mass is 355 g/mol. The van der Waals surface area contributed by atoms with E-state index in [1.54, 1.807) is 28.9 Å². The van der Waals surface area contributed by atoms with Crippen LogP contribution >= 0.6 is 0 Å². The number of nitrogens with zero attached hydrogens (tertiary/aromatic N) is 4. The molecule has 1 aliphatic rings. The largest absolute Gasteiger partial charge is 0.486 e. The van der Waals surface area contributed by atoms with Crippen molar-refractivity contribution < 1.29 is 18.7 Å². The molecule has 3 aromatic rings. The number of fused-ring (bicyclic) bond motifs is 1. The third-order valence-corrected chi connectivity index (χ3v) is 3.81. The van der Waals surface area contributed by atoms with Crippen molar-refractivity contribution in [1.82, 2.24) is 20.0 Å². The molecule has 0 atom stereocenters. The summed E-state index contributed by atoms with van der Waals surface area (Å²) in [4.78, 5) is 12.4. The molecular weight excluding hydrogens is 338 g/mol. The first-order valence-electron chi connectivity index (χ1n) is 8.20. The summed E-state index contributed by atoms with van der Waals surface area (Å²) in [5.41, 5.74) is 0.948. The molecule has 134 valence electrons. The molecule has 1 aliphatic heterocycles. The van der Waals surface area contributed by atoms with Gasteiger partial charge in [-0.25, -0.2) is 0 Å². The molecule has 26 heavy (non-hydrogen) atoms. The molecule has 3 heterocycles. The summed E-state index contributed by atoms with van der Waals surface area (Å²) in [6.07, 6.45) is 1.83. The molecule has 1 amide bonds. The number of rotatable bonds is 4. The highest BCUT2D eigenvalue weighted by molar-refractivity contribution is 6.03. The first-order chi connectivity index (χ1) is 12.6. The van der Waals surface area contributed by atoms with Gasteiger partial charge in [0, 0.05) is 17.8 Å². The number of hydrogen-bond donors (Lipinski definition) is 1. The Kier molecular flexibility index (Phi) is 4.04. The molecule has 0 bridgehead atoms. The molecule has 0 fully saturated rings. The number of carbonyl (C=O) groups is 1. The zero-order valence-electron chi connectivity index (χ0n) is 14.3. The number of benzene rings is 1. The van der Waals surface area contributed by atoms with Gasteiger partial charge in [-0.15, -0.1) is 5.10 Å². The van der Waals surface area contributed by atoms with Crippen molar-refractivity contribution in [1.29, 1.82) is 0 Å². The van der Waals surface area contributed by atoms with Gasteiger partial charge in [-0.2, -0.15) is 5.10 Å². The molecule has 1 aromatic carbocycles. The summed E-state index contributed by atoms with van der Waals surface area (Å²) in [6.45, 7) is 4.98. The highest BCUT2D eigenvalue weighted by Gasteiger charge is 2.18. The molecule has 4 rings (SSSR count). The van der Waals surface area contributed by atoms with Crippen LogP contribution in [0.25, 0.3) is 11.6 Å². The third-order valence-electron chi connectivity index (χ3n) is 3.81. The molecule has 9 heteroatoms. The minimum atomic E-state index is -0.384.